The van der Waals surface area contributed by atoms with Gasteiger partial charge in [-0.25, -0.2) is 0 Å². The summed E-state index contributed by atoms with van der Waals surface area (Å²) in [7, 11) is 3.35. The van der Waals surface area contributed by atoms with Crippen LogP contribution < -0.4 is 5.56 Å². The van der Waals surface area contributed by atoms with Crippen LogP contribution in [0.5, 0.6) is 0 Å². The van der Waals surface area contributed by atoms with Crippen LogP contribution in [0.2, 0.25) is 0 Å². The second kappa shape index (κ2) is 9.06. The lowest BCUT2D eigenvalue weighted by molar-refractivity contribution is 0.307. The van der Waals surface area contributed by atoms with Crippen molar-refractivity contribution in [3.05, 3.63) is 107 Å². The SMILES string of the molecule is C=C/C(=C\C=C(/C)c1cc(=O)n(C)cc1-c1cnn(Cc2ccccc2)c1)OC. The molecule has 2 heterocycles. The molecule has 2 aromatic heterocycles. The Morgan fingerprint density at radius 1 is 1.21 bits per heavy atom. The Balaban J connectivity index is 2.00. The lowest BCUT2D eigenvalue weighted by Crippen LogP contribution is -2.16. The van der Waals surface area contributed by atoms with Crippen LogP contribution in [0, 0.1) is 0 Å². The molecule has 1 aromatic carbocycles. The monoisotopic (exact) mass is 387 g/mol. The van der Waals surface area contributed by atoms with Crippen molar-refractivity contribution < 1.29 is 4.74 Å². The number of pyridine rings is 1. The zero-order valence-electron chi connectivity index (χ0n) is 17.0. The van der Waals surface area contributed by atoms with E-state index in [0.29, 0.717) is 12.3 Å². The normalized spacial score (nSPS) is 12.1. The molecular weight excluding hydrogens is 362 g/mol. The molecule has 0 radical (unpaired) electrons. The van der Waals surface area contributed by atoms with Crippen LogP contribution in [-0.2, 0) is 18.3 Å². The van der Waals surface area contributed by atoms with Crippen molar-refractivity contribution in [2.24, 2.45) is 7.05 Å². The molecule has 0 unspecified atom stereocenters. The van der Waals surface area contributed by atoms with E-state index < -0.39 is 0 Å². The van der Waals surface area contributed by atoms with Crippen molar-refractivity contribution in [3.63, 3.8) is 0 Å². The van der Waals surface area contributed by atoms with Crippen LogP contribution in [0.4, 0.5) is 0 Å². The third-order valence-electron chi connectivity index (χ3n) is 4.72. The first kappa shape index (κ1) is 20.1. The second-order valence-corrected chi connectivity index (χ2v) is 6.79. The lowest BCUT2D eigenvalue weighted by atomic mass is 9.98. The molecule has 0 saturated heterocycles. The van der Waals surface area contributed by atoms with E-state index in [4.69, 9.17) is 4.74 Å². The van der Waals surface area contributed by atoms with E-state index in [-0.39, 0.29) is 5.56 Å². The molecule has 0 amide bonds. The molecule has 0 aliphatic heterocycles. The second-order valence-electron chi connectivity index (χ2n) is 6.79. The summed E-state index contributed by atoms with van der Waals surface area (Å²) in [6, 6.07) is 11.8. The molecule has 0 N–H and O–H groups in total. The van der Waals surface area contributed by atoms with Crippen LogP contribution in [0.3, 0.4) is 0 Å². The summed E-state index contributed by atoms with van der Waals surface area (Å²) in [6.45, 7) is 6.39. The van der Waals surface area contributed by atoms with E-state index in [9.17, 15) is 4.79 Å². The van der Waals surface area contributed by atoms with Crippen LogP contribution >= 0.6 is 0 Å². The number of hydrogen-bond donors (Lipinski definition) is 0. The fraction of sp³-hybridized carbons (Fsp3) is 0.167. The van der Waals surface area contributed by atoms with Gasteiger partial charge in [-0.15, -0.1) is 0 Å². The molecule has 0 atom stereocenters. The zero-order chi connectivity index (χ0) is 20.8. The zero-order valence-corrected chi connectivity index (χ0v) is 17.0. The maximum absolute atomic E-state index is 12.3. The van der Waals surface area contributed by atoms with Crippen molar-refractivity contribution >= 4 is 5.57 Å². The summed E-state index contributed by atoms with van der Waals surface area (Å²) in [6.07, 6.45) is 11.1. The molecule has 5 nitrogen and oxygen atoms in total. The van der Waals surface area contributed by atoms with E-state index in [1.807, 2.05) is 60.5 Å². The number of allylic oxidation sites excluding steroid dienone is 4. The lowest BCUT2D eigenvalue weighted by Gasteiger charge is -2.10. The fourth-order valence-electron chi connectivity index (χ4n) is 3.06. The van der Waals surface area contributed by atoms with Gasteiger partial charge >= 0.3 is 0 Å². The highest BCUT2D eigenvalue weighted by Gasteiger charge is 2.12. The van der Waals surface area contributed by atoms with E-state index >= 15 is 0 Å². The van der Waals surface area contributed by atoms with Crippen LogP contribution in [0.25, 0.3) is 16.7 Å². The largest absolute Gasteiger partial charge is 0.497 e. The van der Waals surface area contributed by atoms with Gasteiger partial charge in [-0.05, 0) is 35.8 Å². The van der Waals surface area contributed by atoms with E-state index in [2.05, 4.69) is 23.8 Å². The highest BCUT2D eigenvalue weighted by molar-refractivity contribution is 5.80. The first-order valence-corrected chi connectivity index (χ1v) is 9.34. The summed E-state index contributed by atoms with van der Waals surface area (Å²) >= 11 is 0. The molecule has 3 aromatic rings. The van der Waals surface area contributed by atoms with Crippen molar-refractivity contribution in [1.82, 2.24) is 14.3 Å². The summed E-state index contributed by atoms with van der Waals surface area (Å²) in [4.78, 5) is 12.3. The first-order valence-electron chi connectivity index (χ1n) is 9.34. The molecule has 0 spiro atoms. The molecule has 5 heteroatoms. The van der Waals surface area contributed by atoms with E-state index in [1.54, 1.807) is 30.9 Å². The van der Waals surface area contributed by atoms with Crippen molar-refractivity contribution in [2.45, 2.75) is 13.5 Å². The van der Waals surface area contributed by atoms with Gasteiger partial charge in [-0.2, -0.15) is 5.10 Å². The summed E-state index contributed by atoms with van der Waals surface area (Å²) in [5.41, 5.74) is 4.84. The number of hydrogen-bond acceptors (Lipinski definition) is 3. The van der Waals surface area contributed by atoms with Gasteiger partial charge in [0.15, 0.2) is 0 Å². The average Bonchev–Trinajstić information content (AvgIpc) is 3.19. The molecular formula is C24H25N3O2. The quantitative estimate of drug-likeness (QED) is 0.445. The molecule has 0 bridgehead atoms. The minimum absolute atomic E-state index is 0.0622. The number of benzene rings is 1. The Hall–Kier alpha value is -3.60. The summed E-state index contributed by atoms with van der Waals surface area (Å²) < 4.78 is 8.71. The molecule has 0 aliphatic carbocycles. The molecule has 29 heavy (non-hydrogen) atoms. The number of rotatable bonds is 7. The predicted octanol–water partition coefficient (Wildman–Crippen LogP) is 4.42. The summed E-state index contributed by atoms with van der Waals surface area (Å²) in [5, 5.41) is 4.51. The Kier molecular flexibility index (Phi) is 6.29. The van der Waals surface area contributed by atoms with Gasteiger partial charge in [0.25, 0.3) is 5.56 Å². The van der Waals surface area contributed by atoms with Crippen LogP contribution in [-0.4, -0.2) is 21.5 Å². The minimum Gasteiger partial charge on any atom is -0.497 e. The highest BCUT2D eigenvalue weighted by Crippen LogP contribution is 2.27. The predicted molar refractivity (Wildman–Crippen MR) is 117 cm³/mol. The topological polar surface area (TPSA) is 49.0 Å². The number of methoxy groups -OCH3 is 1. The number of aromatic nitrogens is 3. The highest BCUT2D eigenvalue weighted by atomic mass is 16.5. The molecule has 0 fully saturated rings. The van der Waals surface area contributed by atoms with E-state index in [0.717, 1.165) is 22.3 Å². The van der Waals surface area contributed by atoms with Gasteiger partial charge in [0.2, 0.25) is 0 Å². The number of aryl methyl sites for hydroxylation is 1. The Morgan fingerprint density at radius 2 is 1.97 bits per heavy atom. The number of ether oxygens (including phenoxy) is 1. The fourth-order valence-corrected chi connectivity index (χ4v) is 3.06. The third kappa shape index (κ3) is 4.82. The van der Waals surface area contributed by atoms with E-state index in [1.165, 1.54) is 5.56 Å². The smallest absolute Gasteiger partial charge is 0.250 e. The van der Waals surface area contributed by atoms with Gasteiger partial charge in [-0.3, -0.25) is 9.48 Å². The molecule has 0 aliphatic rings. The molecule has 0 saturated carbocycles. The van der Waals surface area contributed by atoms with Crippen LogP contribution in [0.15, 0.2) is 90.3 Å². The van der Waals surface area contributed by atoms with Gasteiger partial charge in [-0.1, -0.05) is 43.0 Å². The van der Waals surface area contributed by atoms with Gasteiger partial charge in [0, 0.05) is 36.6 Å². The summed E-state index contributed by atoms with van der Waals surface area (Å²) in [5.74, 6) is 0.658. The third-order valence-corrected chi connectivity index (χ3v) is 4.72. The Labute approximate surface area is 170 Å². The van der Waals surface area contributed by atoms with Gasteiger partial charge in [0.1, 0.15) is 5.76 Å². The number of nitrogens with zero attached hydrogens (tertiary/aromatic N) is 3. The molecule has 148 valence electrons. The standard InChI is InChI=1S/C24H25N3O2/c1-5-21(29-4)12-11-18(2)22-13-24(28)26(3)17-23(22)20-14-25-27(16-20)15-19-9-7-6-8-10-19/h5-14,16-17H,1,15H2,2-4H3/b18-11+,21-12+. The van der Waals surface area contributed by atoms with Crippen LogP contribution in [0.1, 0.15) is 18.1 Å². The maximum atomic E-state index is 12.3. The van der Waals surface area contributed by atoms with Crippen molar-refractivity contribution in [1.29, 1.82) is 0 Å². The van der Waals surface area contributed by atoms with Crippen molar-refractivity contribution in [2.75, 3.05) is 7.11 Å². The van der Waals surface area contributed by atoms with Gasteiger partial charge < -0.3 is 9.30 Å². The first-order chi connectivity index (χ1) is 14.0. The molecule has 3 rings (SSSR count). The van der Waals surface area contributed by atoms with Gasteiger partial charge in [0.05, 0.1) is 19.9 Å². The van der Waals surface area contributed by atoms with Crippen molar-refractivity contribution in [3.8, 4) is 11.1 Å². The maximum Gasteiger partial charge on any atom is 0.250 e. The average molecular weight is 387 g/mol. The Morgan fingerprint density at radius 3 is 2.66 bits per heavy atom. The Bertz CT molecular complexity index is 1120. The minimum atomic E-state index is -0.0622.